The molecule has 1 aliphatic rings. The van der Waals surface area contributed by atoms with Gasteiger partial charge in [0, 0.05) is 12.0 Å². The number of allylic oxidation sites excluding steroid dienone is 1. The lowest BCUT2D eigenvalue weighted by Gasteiger charge is -2.10. The van der Waals surface area contributed by atoms with Crippen LogP contribution in [-0.2, 0) is 6.42 Å². The van der Waals surface area contributed by atoms with Crippen molar-refractivity contribution >= 4 is 11.6 Å². The number of aryl methyl sites for hydroxylation is 2. The molecular formula is C21H18O. The second-order valence-corrected chi connectivity index (χ2v) is 5.97. The van der Waals surface area contributed by atoms with Crippen molar-refractivity contribution in [3.05, 3.63) is 82.8 Å². The lowest BCUT2D eigenvalue weighted by Crippen LogP contribution is -1.92. The molecule has 1 aliphatic carbocycles. The fraction of sp³-hybridized carbons (Fsp3) is 0.143. The van der Waals surface area contributed by atoms with Gasteiger partial charge in [0.1, 0.15) is 5.76 Å². The maximum Gasteiger partial charge on any atom is 0.133 e. The lowest BCUT2D eigenvalue weighted by atomic mass is 9.94. The second kappa shape index (κ2) is 5.03. The third-order valence-corrected chi connectivity index (χ3v) is 4.52. The van der Waals surface area contributed by atoms with E-state index in [-0.39, 0.29) is 0 Å². The molecule has 0 bridgehead atoms. The number of hydrogen-bond donors (Lipinski definition) is 0. The van der Waals surface area contributed by atoms with E-state index < -0.39 is 0 Å². The largest absolute Gasteiger partial charge is 0.464 e. The molecule has 0 saturated heterocycles. The summed E-state index contributed by atoms with van der Waals surface area (Å²) in [5.41, 5.74) is 9.18. The molecule has 22 heavy (non-hydrogen) atoms. The van der Waals surface area contributed by atoms with Crippen LogP contribution < -0.4 is 0 Å². The molecule has 108 valence electrons. The van der Waals surface area contributed by atoms with Gasteiger partial charge in [-0.3, -0.25) is 0 Å². The highest BCUT2D eigenvalue weighted by Gasteiger charge is 2.22. The topological polar surface area (TPSA) is 13.1 Å². The summed E-state index contributed by atoms with van der Waals surface area (Å²) in [5, 5.41) is 0. The first-order chi connectivity index (χ1) is 10.7. The minimum absolute atomic E-state index is 0.955. The van der Waals surface area contributed by atoms with Gasteiger partial charge in [-0.25, -0.2) is 0 Å². The Bertz CT molecular complexity index is 866. The fourth-order valence-corrected chi connectivity index (χ4v) is 3.31. The molecule has 0 fully saturated rings. The van der Waals surface area contributed by atoms with E-state index in [9.17, 15) is 0 Å². The molecule has 1 heteroatoms. The number of furan rings is 1. The SMILES string of the molecule is Cc1ccoc1C1=Cc2c(-c3ccccc3)ccc(C)c2C1. The van der Waals surface area contributed by atoms with Gasteiger partial charge >= 0.3 is 0 Å². The van der Waals surface area contributed by atoms with E-state index in [2.05, 4.69) is 62.4 Å². The summed E-state index contributed by atoms with van der Waals surface area (Å²) in [4.78, 5) is 0. The molecule has 1 heterocycles. The summed E-state index contributed by atoms with van der Waals surface area (Å²) in [6.07, 6.45) is 5.03. The standard InChI is InChI=1S/C21H18O/c1-14-8-9-18(16-6-4-3-5-7-16)20-13-17(12-19(14)20)21-15(2)10-11-22-21/h3-11,13H,12H2,1-2H3. The molecule has 3 aromatic rings. The third-order valence-electron chi connectivity index (χ3n) is 4.52. The van der Waals surface area contributed by atoms with Gasteiger partial charge in [0.05, 0.1) is 6.26 Å². The van der Waals surface area contributed by atoms with E-state index in [0.29, 0.717) is 0 Å². The summed E-state index contributed by atoms with van der Waals surface area (Å²) >= 11 is 0. The van der Waals surface area contributed by atoms with Crippen molar-refractivity contribution in [1.82, 2.24) is 0 Å². The Hall–Kier alpha value is -2.54. The summed E-state index contributed by atoms with van der Waals surface area (Å²) in [7, 11) is 0. The average Bonchev–Trinajstić information content (AvgIpc) is 3.15. The van der Waals surface area contributed by atoms with Crippen LogP contribution in [0.25, 0.3) is 22.8 Å². The van der Waals surface area contributed by atoms with Crippen molar-refractivity contribution in [2.75, 3.05) is 0 Å². The quantitative estimate of drug-likeness (QED) is 0.592. The van der Waals surface area contributed by atoms with Crippen molar-refractivity contribution < 1.29 is 4.42 Å². The first kappa shape index (κ1) is 13.1. The summed E-state index contributed by atoms with van der Waals surface area (Å²) in [6, 6.07) is 17.1. The molecular weight excluding hydrogens is 268 g/mol. The molecule has 1 nitrogen and oxygen atoms in total. The first-order valence-electron chi connectivity index (χ1n) is 7.67. The van der Waals surface area contributed by atoms with Gasteiger partial charge in [-0.05, 0) is 59.4 Å². The Morgan fingerprint density at radius 1 is 0.864 bits per heavy atom. The van der Waals surface area contributed by atoms with E-state index in [0.717, 1.165) is 12.2 Å². The van der Waals surface area contributed by atoms with Crippen LogP contribution in [0.15, 0.2) is 59.2 Å². The Kier molecular flexibility index (Phi) is 3.00. The van der Waals surface area contributed by atoms with Gasteiger partial charge in [0.15, 0.2) is 0 Å². The molecule has 2 aromatic carbocycles. The number of benzene rings is 2. The van der Waals surface area contributed by atoms with E-state index in [1.54, 1.807) is 6.26 Å². The van der Waals surface area contributed by atoms with Crippen LogP contribution in [0.4, 0.5) is 0 Å². The van der Waals surface area contributed by atoms with Crippen molar-refractivity contribution in [1.29, 1.82) is 0 Å². The molecule has 0 atom stereocenters. The van der Waals surface area contributed by atoms with E-state index >= 15 is 0 Å². The third kappa shape index (κ3) is 2.01. The van der Waals surface area contributed by atoms with Crippen molar-refractivity contribution in [3.63, 3.8) is 0 Å². The second-order valence-electron chi connectivity index (χ2n) is 5.97. The summed E-state index contributed by atoms with van der Waals surface area (Å²) < 4.78 is 5.70. The monoisotopic (exact) mass is 286 g/mol. The lowest BCUT2D eigenvalue weighted by molar-refractivity contribution is 0.550. The van der Waals surface area contributed by atoms with Crippen LogP contribution >= 0.6 is 0 Å². The molecule has 4 rings (SSSR count). The zero-order valence-corrected chi connectivity index (χ0v) is 12.9. The van der Waals surface area contributed by atoms with Crippen LogP contribution in [0.2, 0.25) is 0 Å². The molecule has 0 radical (unpaired) electrons. The smallest absolute Gasteiger partial charge is 0.133 e. The minimum Gasteiger partial charge on any atom is -0.464 e. The van der Waals surface area contributed by atoms with Crippen molar-refractivity contribution in [2.45, 2.75) is 20.3 Å². The molecule has 0 saturated carbocycles. The van der Waals surface area contributed by atoms with Crippen LogP contribution in [0.5, 0.6) is 0 Å². The normalized spacial score (nSPS) is 13.1. The highest BCUT2D eigenvalue weighted by molar-refractivity contribution is 5.94. The van der Waals surface area contributed by atoms with Crippen LogP contribution in [0.1, 0.15) is 28.0 Å². The molecule has 0 unspecified atom stereocenters. The predicted molar refractivity (Wildman–Crippen MR) is 91.6 cm³/mol. The molecule has 1 aromatic heterocycles. The van der Waals surface area contributed by atoms with Crippen molar-refractivity contribution in [2.24, 2.45) is 0 Å². The molecule has 0 N–H and O–H groups in total. The minimum atomic E-state index is 0.955. The number of rotatable bonds is 2. The van der Waals surface area contributed by atoms with E-state index in [4.69, 9.17) is 4.42 Å². The van der Waals surface area contributed by atoms with Gasteiger partial charge in [-0.15, -0.1) is 0 Å². The highest BCUT2D eigenvalue weighted by Crippen LogP contribution is 2.40. The maximum absolute atomic E-state index is 5.70. The zero-order chi connectivity index (χ0) is 15.1. The Balaban J connectivity index is 1.88. The van der Waals surface area contributed by atoms with Crippen LogP contribution in [0.3, 0.4) is 0 Å². The van der Waals surface area contributed by atoms with Gasteiger partial charge in [0.2, 0.25) is 0 Å². The van der Waals surface area contributed by atoms with Gasteiger partial charge in [0.25, 0.3) is 0 Å². The average molecular weight is 286 g/mol. The Labute approximate surface area is 130 Å². The fourth-order valence-electron chi connectivity index (χ4n) is 3.31. The molecule has 0 amide bonds. The molecule has 0 spiro atoms. The van der Waals surface area contributed by atoms with Gasteiger partial charge in [-0.2, -0.15) is 0 Å². The summed E-state index contributed by atoms with van der Waals surface area (Å²) in [5.74, 6) is 1.02. The van der Waals surface area contributed by atoms with Crippen LogP contribution in [-0.4, -0.2) is 0 Å². The first-order valence-corrected chi connectivity index (χ1v) is 7.67. The Morgan fingerprint density at radius 3 is 2.41 bits per heavy atom. The van der Waals surface area contributed by atoms with E-state index in [1.165, 1.54) is 39.0 Å². The maximum atomic E-state index is 5.70. The zero-order valence-electron chi connectivity index (χ0n) is 12.9. The number of hydrogen-bond acceptors (Lipinski definition) is 1. The Morgan fingerprint density at radius 2 is 1.68 bits per heavy atom. The predicted octanol–water partition coefficient (Wildman–Crippen LogP) is 5.66. The highest BCUT2D eigenvalue weighted by atomic mass is 16.3. The summed E-state index contributed by atoms with van der Waals surface area (Å²) in [6.45, 7) is 4.30. The van der Waals surface area contributed by atoms with E-state index in [1.807, 2.05) is 6.07 Å². The van der Waals surface area contributed by atoms with Gasteiger partial charge in [-0.1, -0.05) is 42.5 Å². The van der Waals surface area contributed by atoms with Gasteiger partial charge < -0.3 is 4.42 Å². The number of fused-ring (bicyclic) bond motifs is 1. The van der Waals surface area contributed by atoms with Crippen molar-refractivity contribution in [3.8, 4) is 11.1 Å². The molecule has 0 aliphatic heterocycles. The van der Waals surface area contributed by atoms with Crippen LogP contribution in [0, 0.1) is 13.8 Å².